The van der Waals surface area contributed by atoms with E-state index in [1.54, 1.807) is 25.1 Å². The van der Waals surface area contributed by atoms with Crippen molar-refractivity contribution < 1.29 is 18.8 Å². The molecule has 0 aliphatic heterocycles. The molecule has 0 bridgehead atoms. The first-order chi connectivity index (χ1) is 14.9. The average molecular weight is 441 g/mol. The number of nitrogens with zero attached hydrogens (tertiary/aromatic N) is 2. The number of carbonyl (C=O) groups excluding carboxylic acids is 1. The Balaban J connectivity index is 1.63. The Bertz CT molecular complexity index is 1050. The standard InChI is InChI=1S/C24H25ClN2O4/c1-16-21(17(2)31-26-16)15-30-22-11-7-18(13-23(22)29-4)8-12-24(28)27(3)14-19-5-9-20(25)10-6-19/h5-13H,14-15H2,1-4H3/b12-8+. The number of benzene rings is 2. The van der Waals surface area contributed by atoms with Crippen LogP contribution in [-0.4, -0.2) is 30.1 Å². The molecule has 1 amide bonds. The van der Waals surface area contributed by atoms with E-state index in [9.17, 15) is 4.79 Å². The van der Waals surface area contributed by atoms with Gasteiger partial charge in [0.25, 0.3) is 0 Å². The second-order valence-corrected chi connectivity index (χ2v) is 7.59. The third-order valence-corrected chi connectivity index (χ3v) is 5.12. The van der Waals surface area contributed by atoms with Gasteiger partial charge in [-0.15, -0.1) is 0 Å². The van der Waals surface area contributed by atoms with Gasteiger partial charge in [0, 0.05) is 24.7 Å². The van der Waals surface area contributed by atoms with E-state index in [-0.39, 0.29) is 5.91 Å². The van der Waals surface area contributed by atoms with Crippen molar-refractivity contribution in [3.8, 4) is 11.5 Å². The number of likely N-dealkylation sites (N-methyl/N-ethyl adjacent to an activating group) is 1. The van der Waals surface area contributed by atoms with Crippen molar-refractivity contribution in [3.63, 3.8) is 0 Å². The van der Waals surface area contributed by atoms with Crippen molar-refractivity contribution in [1.82, 2.24) is 10.1 Å². The molecule has 2 aromatic carbocycles. The number of halogens is 1. The van der Waals surface area contributed by atoms with Crippen LogP contribution in [0.15, 0.2) is 53.1 Å². The van der Waals surface area contributed by atoms with Crippen LogP contribution in [0, 0.1) is 13.8 Å². The van der Waals surface area contributed by atoms with Gasteiger partial charge in [0.2, 0.25) is 5.91 Å². The number of aromatic nitrogens is 1. The van der Waals surface area contributed by atoms with Crippen molar-refractivity contribution in [2.24, 2.45) is 0 Å². The molecule has 6 nitrogen and oxygen atoms in total. The maximum absolute atomic E-state index is 12.4. The zero-order valence-corrected chi connectivity index (χ0v) is 18.8. The predicted molar refractivity (Wildman–Crippen MR) is 120 cm³/mol. The first kappa shape index (κ1) is 22.4. The van der Waals surface area contributed by atoms with Gasteiger partial charge in [-0.1, -0.05) is 35.0 Å². The molecule has 162 valence electrons. The fourth-order valence-corrected chi connectivity index (χ4v) is 3.13. The van der Waals surface area contributed by atoms with Crippen LogP contribution in [0.2, 0.25) is 5.02 Å². The zero-order chi connectivity index (χ0) is 22.4. The van der Waals surface area contributed by atoms with Gasteiger partial charge in [-0.25, -0.2) is 0 Å². The smallest absolute Gasteiger partial charge is 0.246 e. The summed E-state index contributed by atoms with van der Waals surface area (Å²) in [5.74, 6) is 1.81. The van der Waals surface area contributed by atoms with Gasteiger partial charge in [-0.3, -0.25) is 4.79 Å². The third kappa shape index (κ3) is 5.89. The largest absolute Gasteiger partial charge is 0.493 e. The summed E-state index contributed by atoms with van der Waals surface area (Å²) in [6, 6.07) is 12.9. The monoisotopic (exact) mass is 440 g/mol. The molecular formula is C24H25ClN2O4. The van der Waals surface area contributed by atoms with Crippen molar-refractivity contribution >= 4 is 23.6 Å². The highest BCUT2D eigenvalue weighted by atomic mass is 35.5. The molecule has 0 fully saturated rings. The minimum absolute atomic E-state index is 0.104. The summed E-state index contributed by atoms with van der Waals surface area (Å²) >= 11 is 5.91. The van der Waals surface area contributed by atoms with E-state index in [1.165, 1.54) is 6.08 Å². The number of ether oxygens (including phenoxy) is 2. The fourth-order valence-electron chi connectivity index (χ4n) is 3.00. The van der Waals surface area contributed by atoms with E-state index in [4.69, 9.17) is 25.6 Å². The quantitative estimate of drug-likeness (QED) is 0.450. The van der Waals surface area contributed by atoms with E-state index in [2.05, 4.69) is 5.16 Å². The highest BCUT2D eigenvalue weighted by Gasteiger charge is 2.12. The normalized spacial score (nSPS) is 11.0. The highest BCUT2D eigenvalue weighted by molar-refractivity contribution is 6.30. The molecule has 3 aromatic rings. The Morgan fingerprint density at radius 1 is 1.16 bits per heavy atom. The fraction of sp³-hybridized carbons (Fsp3) is 0.250. The second kappa shape index (κ2) is 10.2. The van der Waals surface area contributed by atoms with E-state index in [1.807, 2.05) is 56.3 Å². The molecule has 0 unspecified atom stereocenters. The maximum Gasteiger partial charge on any atom is 0.246 e. The van der Waals surface area contributed by atoms with Crippen molar-refractivity contribution in [2.75, 3.05) is 14.2 Å². The number of amides is 1. The van der Waals surface area contributed by atoms with Crippen LogP contribution in [0.5, 0.6) is 11.5 Å². The summed E-state index contributed by atoms with van der Waals surface area (Å²) in [4.78, 5) is 14.1. The second-order valence-electron chi connectivity index (χ2n) is 7.16. The van der Waals surface area contributed by atoms with Crippen molar-refractivity contribution in [3.05, 3.63) is 81.7 Å². The van der Waals surface area contributed by atoms with Gasteiger partial charge in [-0.05, 0) is 55.3 Å². The van der Waals surface area contributed by atoms with Crippen LogP contribution >= 0.6 is 11.6 Å². The summed E-state index contributed by atoms with van der Waals surface area (Å²) in [7, 11) is 3.34. The number of rotatable bonds is 8. The number of aryl methyl sites for hydroxylation is 2. The number of hydrogen-bond acceptors (Lipinski definition) is 5. The van der Waals surface area contributed by atoms with Crippen LogP contribution in [0.1, 0.15) is 28.1 Å². The van der Waals surface area contributed by atoms with Crippen LogP contribution in [-0.2, 0) is 17.9 Å². The summed E-state index contributed by atoms with van der Waals surface area (Å²) in [5, 5.41) is 4.61. The van der Waals surface area contributed by atoms with Crippen LogP contribution in [0.3, 0.4) is 0 Å². The minimum atomic E-state index is -0.104. The summed E-state index contributed by atoms with van der Waals surface area (Å²) in [5.41, 5.74) is 3.56. The Morgan fingerprint density at radius 2 is 1.90 bits per heavy atom. The molecule has 0 N–H and O–H groups in total. The number of carbonyl (C=O) groups is 1. The topological polar surface area (TPSA) is 64.8 Å². The van der Waals surface area contributed by atoms with E-state index < -0.39 is 0 Å². The Hall–Kier alpha value is -3.25. The zero-order valence-electron chi connectivity index (χ0n) is 18.0. The molecule has 0 saturated carbocycles. The molecule has 3 rings (SSSR count). The summed E-state index contributed by atoms with van der Waals surface area (Å²) in [6.45, 7) is 4.56. The first-order valence-electron chi connectivity index (χ1n) is 9.77. The van der Waals surface area contributed by atoms with E-state index >= 15 is 0 Å². The van der Waals surface area contributed by atoms with Crippen LogP contribution in [0.4, 0.5) is 0 Å². The van der Waals surface area contributed by atoms with Crippen LogP contribution in [0.25, 0.3) is 6.08 Å². The molecule has 0 atom stereocenters. The molecule has 1 aromatic heterocycles. The van der Waals surface area contributed by atoms with Crippen molar-refractivity contribution in [1.29, 1.82) is 0 Å². The SMILES string of the molecule is COc1cc(/C=C/C(=O)N(C)Cc2ccc(Cl)cc2)ccc1OCc1c(C)noc1C. The average Bonchev–Trinajstić information content (AvgIpc) is 3.09. The maximum atomic E-state index is 12.4. The van der Waals surface area contributed by atoms with E-state index in [0.717, 1.165) is 28.1 Å². The summed E-state index contributed by atoms with van der Waals surface area (Å²) in [6.07, 6.45) is 3.29. The van der Waals surface area contributed by atoms with Gasteiger partial charge in [0.1, 0.15) is 12.4 Å². The van der Waals surface area contributed by atoms with Gasteiger partial charge < -0.3 is 18.9 Å². The predicted octanol–water partition coefficient (Wildman–Crippen LogP) is 5.20. The van der Waals surface area contributed by atoms with E-state index in [0.29, 0.717) is 29.7 Å². The lowest BCUT2D eigenvalue weighted by Gasteiger charge is -2.15. The first-order valence-corrected chi connectivity index (χ1v) is 10.2. The van der Waals surface area contributed by atoms with Gasteiger partial charge in [0.15, 0.2) is 11.5 Å². The molecule has 0 aliphatic rings. The third-order valence-electron chi connectivity index (χ3n) is 4.87. The Labute approximate surface area is 187 Å². The molecule has 0 radical (unpaired) electrons. The molecular weight excluding hydrogens is 416 g/mol. The Morgan fingerprint density at radius 3 is 2.55 bits per heavy atom. The molecule has 0 aliphatic carbocycles. The highest BCUT2D eigenvalue weighted by Crippen LogP contribution is 2.30. The lowest BCUT2D eigenvalue weighted by Crippen LogP contribution is -2.24. The molecule has 0 saturated heterocycles. The minimum Gasteiger partial charge on any atom is -0.493 e. The lowest BCUT2D eigenvalue weighted by atomic mass is 10.1. The molecule has 0 spiro atoms. The summed E-state index contributed by atoms with van der Waals surface area (Å²) < 4.78 is 16.5. The van der Waals surface area contributed by atoms with Gasteiger partial charge in [-0.2, -0.15) is 0 Å². The number of hydrogen-bond donors (Lipinski definition) is 0. The molecule has 31 heavy (non-hydrogen) atoms. The number of methoxy groups -OCH3 is 1. The van der Waals surface area contributed by atoms with Crippen LogP contribution < -0.4 is 9.47 Å². The van der Waals surface area contributed by atoms with Gasteiger partial charge >= 0.3 is 0 Å². The molecule has 7 heteroatoms. The lowest BCUT2D eigenvalue weighted by molar-refractivity contribution is -0.125. The van der Waals surface area contributed by atoms with Gasteiger partial charge in [0.05, 0.1) is 18.4 Å². The Kier molecular flexibility index (Phi) is 7.36. The van der Waals surface area contributed by atoms with Crippen molar-refractivity contribution in [2.45, 2.75) is 27.0 Å². The molecule has 1 heterocycles.